The van der Waals surface area contributed by atoms with E-state index in [0.29, 0.717) is 19.3 Å². The van der Waals surface area contributed by atoms with Gasteiger partial charge in [0.2, 0.25) is 0 Å². The van der Waals surface area contributed by atoms with Gasteiger partial charge in [0.15, 0.2) is 6.10 Å². The normalized spacial score (nSPS) is 12.4. The summed E-state index contributed by atoms with van der Waals surface area (Å²) in [6.45, 7) is 6.46. The molecule has 0 amide bonds. The summed E-state index contributed by atoms with van der Waals surface area (Å²) in [6, 6.07) is 0. The SMILES string of the molecule is CC/C=C\C/C=C\C/C=C\C/C=C\CCC(=O)OC(COC(=O)CCCCCCC/C=C\CCCCC)COC(=O)CCCCCCCCCCCCCCCCCCCCCCCCCCCCCC. The van der Waals surface area contributed by atoms with Crippen LogP contribution in [0.25, 0.3) is 0 Å². The fourth-order valence-electron chi connectivity index (χ4n) is 8.92. The number of allylic oxidation sites excluding steroid dienone is 10. The maximum atomic E-state index is 12.8. The van der Waals surface area contributed by atoms with Crippen LogP contribution in [0.3, 0.4) is 0 Å². The summed E-state index contributed by atoms with van der Waals surface area (Å²) in [7, 11) is 0. The zero-order valence-corrected chi connectivity index (χ0v) is 47.2. The van der Waals surface area contributed by atoms with E-state index in [4.69, 9.17) is 14.2 Å². The second-order valence-corrected chi connectivity index (χ2v) is 20.6. The first kappa shape index (κ1) is 68.1. The van der Waals surface area contributed by atoms with Gasteiger partial charge in [-0.2, -0.15) is 0 Å². The van der Waals surface area contributed by atoms with Crippen molar-refractivity contribution in [3.05, 3.63) is 60.8 Å². The number of rotatable bonds is 56. The van der Waals surface area contributed by atoms with Crippen molar-refractivity contribution >= 4 is 17.9 Å². The van der Waals surface area contributed by atoms with Crippen molar-refractivity contribution in [3.63, 3.8) is 0 Å². The molecule has 0 saturated carbocycles. The second-order valence-electron chi connectivity index (χ2n) is 20.6. The molecule has 0 heterocycles. The standard InChI is InChI=1S/C65H116O6/c1-4-7-10-13-16-19-22-25-26-27-28-29-30-31-32-33-34-35-36-37-38-39-41-43-46-49-52-55-58-64(67)70-61-62(60-69-63(66)57-54-51-48-45-42-24-21-18-15-12-9-6-3)71-65(68)59-56-53-50-47-44-40-23-20-17-14-11-8-5-2/h8,11,17-18,20-21,40,44,50,53,62H,4-7,9-10,12-16,19,22-39,41-43,45-49,51-52,54-61H2,1-3H3/b11-8-,20-17-,21-18-,44-40-,53-50-. The van der Waals surface area contributed by atoms with Gasteiger partial charge in [-0.3, -0.25) is 14.4 Å². The third-order valence-corrected chi connectivity index (χ3v) is 13.5. The molecule has 0 aromatic heterocycles. The predicted molar refractivity (Wildman–Crippen MR) is 307 cm³/mol. The van der Waals surface area contributed by atoms with Gasteiger partial charge in [-0.05, 0) is 70.6 Å². The van der Waals surface area contributed by atoms with Crippen LogP contribution in [-0.2, 0) is 28.6 Å². The first-order valence-electron chi connectivity index (χ1n) is 30.8. The van der Waals surface area contributed by atoms with Crippen LogP contribution in [0.4, 0.5) is 0 Å². The van der Waals surface area contributed by atoms with Crippen LogP contribution in [0.5, 0.6) is 0 Å². The van der Waals surface area contributed by atoms with Crippen LogP contribution >= 0.6 is 0 Å². The van der Waals surface area contributed by atoms with Crippen molar-refractivity contribution in [3.8, 4) is 0 Å². The summed E-state index contributed by atoms with van der Waals surface area (Å²) in [6.07, 6.45) is 75.5. The monoisotopic (exact) mass is 993 g/mol. The summed E-state index contributed by atoms with van der Waals surface area (Å²) < 4.78 is 16.8. The number of unbranched alkanes of at least 4 members (excludes halogenated alkanes) is 35. The fraction of sp³-hybridized carbons (Fsp3) is 0.800. The molecule has 0 aromatic rings. The summed E-state index contributed by atoms with van der Waals surface area (Å²) in [5.74, 6) is -0.983. The molecule has 0 radical (unpaired) electrons. The molecule has 0 aliphatic heterocycles. The van der Waals surface area contributed by atoms with Crippen LogP contribution in [0.15, 0.2) is 60.8 Å². The van der Waals surface area contributed by atoms with Gasteiger partial charge in [-0.1, -0.05) is 287 Å². The highest BCUT2D eigenvalue weighted by Crippen LogP contribution is 2.17. The van der Waals surface area contributed by atoms with Gasteiger partial charge in [0, 0.05) is 19.3 Å². The van der Waals surface area contributed by atoms with Gasteiger partial charge in [0.1, 0.15) is 13.2 Å². The van der Waals surface area contributed by atoms with Crippen molar-refractivity contribution in [1.29, 1.82) is 0 Å². The Morgan fingerprint density at radius 2 is 0.577 bits per heavy atom. The maximum absolute atomic E-state index is 12.8. The van der Waals surface area contributed by atoms with Crippen molar-refractivity contribution in [2.24, 2.45) is 0 Å². The van der Waals surface area contributed by atoms with Crippen LogP contribution < -0.4 is 0 Å². The molecule has 0 fully saturated rings. The molecule has 1 atom stereocenters. The fourth-order valence-corrected chi connectivity index (χ4v) is 8.92. The molecule has 6 heteroatoms. The van der Waals surface area contributed by atoms with Crippen molar-refractivity contribution < 1.29 is 28.6 Å². The molecule has 71 heavy (non-hydrogen) atoms. The van der Waals surface area contributed by atoms with E-state index in [9.17, 15) is 14.4 Å². The lowest BCUT2D eigenvalue weighted by Gasteiger charge is -2.18. The number of ether oxygens (including phenoxy) is 3. The minimum Gasteiger partial charge on any atom is -0.462 e. The number of hydrogen-bond acceptors (Lipinski definition) is 6. The number of carbonyl (C=O) groups is 3. The maximum Gasteiger partial charge on any atom is 0.306 e. The minimum absolute atomic E-state index is 0.103. The summed E-state index contributed by atoms with van der Waals surface area (Å²) in [4.78, 5) is 38.1. The molecule has 0 rings (SSSR count). The number of carbonyl (C=O) groups excluding carboxylic acids is 3. The van der Waals surface area contributed by atoms with Crippen LogP contribution in [0, 0.1) is 0 Å². The number of esters is 3. The lowest BCUT2D eigenvalue weighted by Crippen LogP contribution is -2.30. The van der Waals surface area contributed by atoms with E-state index in [2.05, 4.69) is 75.5 Å². The second kappa shape index (κ2) is 59.7. The van der Waals surface area contributed by atoms with Crippen LogP contribution in [-0.4, -0.2) is 37.2 Å². The molecule has 0 bridgehead atoms. The molecule has 412 valence electrons. The third-order valence-electron chi connectivity index (χ3n) is 13.5. The van der Waals surface area contributed by atoms with E-state index < -0.39 is 6.10 Å². The Hall–Kier alpha value is -2.89. The average Bonchev–Trinajstić information content (AvgIpc) is 3.37. The minimum atomic E-state index is -0.813. The van der Waals surface area contributed by atoms with Gasteiger partial charge < -0.3 is 14.2 Å². The predicted octanol–water partition coefficient (Wildman–Crippen LogP) is 20.8. The quantitative estimate of drug-likeness (QED) is 0.0261. The molecular formula is C65H116O6. The lowest BCUT2D eigenvalue weighted by molar-refractivity contribution is -0.166. The summed E-state index contributed by atoms with van der Waals surface area (Å²) in [5, 5.41) is 0. The lowest BCUT2D eigenvalue weighted by atomic mass is 10.0. The van der Waals surface area contributed by atoms with E-state index in [-0.39, 0.29) is 37.5 Å². The highest BCUT2D eigenvalue weighted by molar-refractivity contribution is 5.71. The smallest absolute Gasteiger partial charge is 0.306 e. The van der Waals surface area contributed by atoms with Crippen molar-refractivity contribution in [2.75, 3.05) is 13.2 Å². The molecule has 0 aliphatic rings. The van der Waals surface area contributed by atoms with Crippen LogP contribution in [0.1, 0.15) is 316 Å². The molecule has 0 saturated heterocycles. The highest BCUT2D eigenvalue weighted by atomic mass is 16.6. The molecule has 6 nitrogen and oxygen atoms in total. The molecule has 0 N–H and O–H groups in total. The summed E-state index contributed by atoms with van der Waals surface area (Å²) in [5.41, 5.74) is 0. The molecule has 1 unspecified atom stereocenters. The number of hydrogen-bond donors (Lipinski definition) is 0. The average molecular weight is 994 g/mol. The van der Waals surface area contributed by atoms with Crippen molar-refractivity contribution in [2.45, 2.75) is 322 Å². The van der Waals surface area contributed by atoms with E-state index >= 15 is 0 Å². The van der Waals surface area contributed by atoms with E-state index in [1.54, 1.807) is 0 Å². The molecule has 0 aliphatic carbocycles. The summed E-state index contributed by atoms with van der Waals surface area (Å²) >= 11 is 0. The Bertz CT molecular complexity index is 1280. The Morgan fingerprint density at radius 3 is 0.944 bits per heavy atom. The van der Waals surface area contributed by atoms with Crippen LogP contribution in [0.2, 0.25) is 0 Å². The topological polar surface area (TPSA) is 78.9 Å². The zero-order valence-electron chi connectivity index (χ0n) is 47.2. The zero-order chi connectivity index (χ0) is 51.4. The van der Waals surface area contributed by atoms with Gasteiger partial charge in [-0.15, -0.1) is 0 Å². The van der Waals surface area contributed by atoms with Gasteiger partial charge in [0.05, 0.1) is 0 Å². The Labute approximate surface area is 440 Å². The first-order chi connectivity index (χ1) is 35.0. The van der Waals surface area contributed by atoms with Crippen molar-refractivity contribution in [1.82, 2.24) is 0 Å². The molecular weight excluding hydrogens is 877 g/mol. The van der Waals surface area contributed by atoms with Gasteiger partial charge in [-0.25, -0.2) is 0 Å². The first-order valence-corrected chi connectivity index (χ1v) is 30.8. The van der Waals surface area contributed by atoms with Gasteiger partial charge in [0.25, 0.3) is 0 Å². The largest absolute Gasteiger partial charge is 0.462 e. The highest BCUT2D eigenvalue weighted by Gasteiger charge is 2.19. The Balaban J connectivity index is 4.17. The van der Waals surface area contributed by atoms with Gasteiger partial charge >= 0.3 is 17.9 Å². The Kier molecular flexibility index (Phi) is 57.2. The molecule has 0 aromatic carbocycles. The Morgan fingerprint density at radius 1 is 0.296 bits per heavy atom. The third kappa shape index (κ3) is 57.9. The molecule has 0 spiro atoms. The van der Waals surface area contributed by atoms with E-state index in [1.165, 1.54) is 199 Å². The van der Waals surface area contributed by atoms with E-state index in [0.717, 1.165) is 70.6 Å². The van der Waals surface area contributed by atoms with E-state index in [1.807, 2.05) is 6.08 Å².